The highest BCUT2D eigenvalue weighted by Gasteiger charge is 2.09. The summed E-state index contributed by atoms with van der Waals surface area (Å²) in [4.78, 5) is 15.0. The van der Waals surface area contributed by atoms with Crippen LogP contribution < -0.4 is 5.32 Å². The van der Waals surface area contributed by atoms with Crippen LogP contribution >= 0.6 is 21.8 Å². The van der Waals surface area contributed by atoms with Crippen molar-refractivity contribution < 1.29 is 4.79 Å². The molecule has 29 heavy (non-hydrogen) atoms. The number of nitrogens with zero attached hydrogens (tertiary/aromatic N) is 1. The third-order valence-corrected chi connectivity index (χ3v) is 7.16. The minimum absolute atomic E-state index is 0.158. The van der Waals surface area contributed by atoms with Crippen molar-refractivity contribution in [2.24, 2.45) is 0 Å². The van der Waals surface area contributed by atoms with Crippen LogP contribution in [0.15, 0.2) is 82.6 Å². The summed E-state index contributed by atoms with van der Waals surface area (Å²) in [5, 5.41) is 11.7. The number of amides is 1. The molecule has 5 heteroatoms. The zero-order valence-electron chi connectivity index (χ0n) is 16.8. The lowest BCUT2D eigenvalue weighted by Gasteiger charge is -2.25. The van der Waals surface area contributed by atoms with E-state index in [1.54, 1.807) is 36.0 Å². The van der Waals surface area contributed by atoms with Gasteiger partial charge in [0.25, 0.3) is 5.91 Å². The van der Waals surface area contributed by atoms with Crippen LogP contribution in [0.5, 0.6) is 0 Å². The van der Waals surface area contributed by atoms with Crippen LogP contribution in [0.1, 0.15) is 21.5 Å². The maximum atomic E-state index is 12.5. The van der Waals surface area contributed by atoms with Crippen LogP contribution in [-0.2, 0) is 5.75 Å². The average Bonchev–Trinajstić information content (AvgIpc) is 2.72. The number of carbonyl (C=O) groups excluding carboxylic acids is 1. The number of nitriles is 1. The maximum absolute atomic E-state index is 12.5. The monoisotopic (exact) mass is 420 g/mol. The molecule has 0 aromatic heterocycles. The van der Waals surface area contributed by atoms with Gasteiger partial charge in [-0.3, -0.25) is 4.79 Å². The molecule has 0 aliphatic rings. The normalized spacial score (nSPS) is 11.5. The second kappa shape index (κ2) is 9.21. The first-order chi connectivity index (χ1) is 13.8. The van der Waals surface area contributed by atoms with E-state index in [0.29, 0.717) is 16.8 Å². The lowest BCUT2D eigenvalue weighted by molar-refractivity contribution is 0.102. The molecule has 0 aliphatic carbocycles. The zero-order chi connectivity index (χ0) is 20.9. The van der Waals surface area contributed by atoms with E-state index in [1.165, 1.54) is 10.5 Å². The average molecular weight is 421 g/mol. The van der Waals surface area contributed by atoms with Crippen molar-refractivity contribution in [2.45, 2.75) is 15.5 Å². The van der Waals surface area contributed by atoms with Gasteiger partial charge in [0.15, 0.2) is 0 Å². The molecule has 148 valence electrons. The van der Waals surface area contributed by atoms with E-state index in [9.17, 15) is 4.79 Å². The summed E-state index contributed by atoms with van der Waals surface area (Å²) in [5.41, 5.74) is 3.13. The molecule has 0 aliphatic heterocycles. The number of nitrogens with one attached hydrogen (secondary N) is 1. The second-order valence-electron chi connectivity index (χ2n) is 7.44. The SMILES string of the molecule is CS(C)(C)c1ccc(CSc2cccc(C(=O)Nc3ccc(C#N)cc3)c2)cc1. The van der Waals surface area contributed by atoms with Gasteiger partial charge in [0.1, 0.15) is 0 Å². The van der Waals surface area contributed by atoms with E-state index in [2.05, 4.69) is 54.4 Å². The number of anilines is 1. The number of hydrogen-bond donors (Lipinski definition) is 1. The number of rotatable bonds is 6. The van der Waals surface area contributed by atoms with Gasteiger partial charge in [-0.1, -0.05) is 18.2 Å². The summed E-state index contributed by atoms with van der Waals surface area (Å²) in [6.07, 6.45) is 6.89. The molecule has 0 heterocycles. The third kappa shape index (κ3) is 5.90. The molecule has 1 N–H and O–H groups in total. The molecule has 3 nitrogen and oxygen atoms in total. The summed E-state index contributed by atoms with van der Waals surface area (Å²) in [6, 6.07) is 25.4. The van der Waals surface area contributed by atoms with Gasteiger partial charge in [0, 0.05) is 21.9 Å². The van der Waals surface area contributed by atoms with Crippen LogP contribution in [0.25, 0.3) is 0 Å². The lowest BCUT2D eigenvalue weighted by atomic mass is 10.2. The van der Waals surface area contributed by atoms with Crippen LogP contribution in [-0.4, -0.2) is 24.7 Å². The van der Waals surface area contributed by atoms with Gasteiger partial charge in [-0.2, -0.15) is 5.26 Å². The molecule has 3 rings (SSSR count). The quantitative estimate of drug-likeness (QED) is 0.486. The molecular formula is C24H24N2OS2. The van der Waals surface area contributed by atoms with Gasteiger partial charge in [-0.15, -0.1) is 11.8 Å². The summed E-state index contributed by atoms with van der Waals surface area (Å²) in [6.45, 7) is 0. The Morgan fingerprint density at radius 1 is 1.00 bits per heavy atom. The maximum Gasteiger partial charge on any atom is 0.255 e. The Morgan fingerprint density at radius 3 is 2.31 bits per heavy atom. The Balaban J connectivity index is 1.63. The third-order valence-electron chi connectivity index (χ3n) is 4.40. The minimum Gasteiger partial charge on any atom is -0.322 e. The smallest absolute Gasteiger partial charge is 0.255 e. The molecule has 3 aromatic rings. The van der Waals surface area contributed by atoms with Crippen LogP contribution in [0, 0.1) is 11.3 Å². The Bertz CT molecular complexity index is 1030. The fourth-order valence-electron chi connectivity index (χ4n) is 2.72. The minimum atomic E-state index is -0.699. The highest BCUT2D eigenvalue weighted by Crippen LogP contribution is 2.45. The molecule has 0 atom stereocenters. The Hall–Kier alpha value is -2.68. The number of hydrogen-bond acceptors (Lipinski definition) is 3. The van der Waals surface area contributed by atoms with Crippen molar-refractivity contribution >= 4 is 33.4 Å². The number of carbonyl (C=O) groups is 1. The van der Waals surface area contributed by atoms with Gasteiger partial charge in [-0.05, 0) is 83.8 Å². The van der Waals surface area contributed by atoms with E-state index >= 15 is 0 Å². The van der Waals surface area contributed by atoms with Crippen molar-refractivity contribution in [1.29, 1.82) is 5.26 Å². The van der Waals surface area contributed by atoms with Crippen molar-refractivity contribution in [3.8, 4) is 6.07 Å². The second-order valence-corrected chi connectivity index (χ2v) is 12.6. The highest BCUT2D eigenvalue weighted by molar-refractivity contribution is 8.32. The largest absolute Gasteiger partial charge is 0.322 e. The molecule has 0 unspecified atom stereocenters. The Kier molecular flexibility index (Phi) is 6.68. The fourth-order valence-corrected chi connectivity index (χ4v) is 4.58. The van der Waals surface area contributed by atoms with Crippen molar-refractivity contribution in [3.05, 3.63) is 89.5 Å². The molecule has 0 radical (unpaired) electrons. The van der Waals surface area contributed by atoms with Crippen molar-refractivity contribution in [3.63, 3.8) is 0 Å². The molecule has 1 amide bonds. The van der Waals surface area contributed by atoms with Gasteiger partial charge in [-0.25, -0.2) is 10.0 Å². The Labute approximate surface area is 178 Å². The predicted molar refractivity (Wildman–Crippen MR) is 125 cm³/mol. The summed E-state index contributed by atoms with van der Waals surface area (Å²) >= 11 is 1.72. The first kappa shape index (κ1) is 21.0. The van der Waals surface area contributed by atoms with E-state index in [-0.39, 0.29) is 5.91 Å². The molecule has 0 fully saturated rings. The molecule has 0 saturated carbocycles. The lowest BCUT2D eigenvalue weighted by Crippen LogP contribution is -2.11. The van der Waals surface area contributed by atoms with Crippen LogP contribution in [0.3, 0.4) is 0 Å². The predicted octanol–water partition coefficient (Wildman–Crippen LogP) is 6.16. The van der Waals surface area contributed by atoms with E-state index in [1.807, 2.05) is 24.3 Å². The molecule has 3 aromatic carbocycles. The van der Waals surface area contributed by atoms with Crippen LogP contribution in [0.4, 0.5) is 5.69 Å². The van der Waals surface area contributed by atoms with Gasteiger partial charge < -0.3 is 5.32 Å². The van der Waals surface area contributed by atoms with Gasteiger partial charge >= 0.3 is 0 Å². The first-order valence-electron chi connectivity index (χ1n) is 9.17. The van der Waals surface area contributed by atoms with Crippen molar-refractivity contribution in [1.82, 2.24) is 0 Å². The standard InChI is InChI=1S/C24H24N2OS2/c1-29(2,3)23-13-9-19(10-14-23)17-28-22-6-4-5-20(15-22)24(27)26-21-11-7-18(16-25)8-12-21/h4-15H,17H2,1-3H3,(H,26,27). The van der Waals surface area contributed by atoms with Crippen LogP contribution in [0.2, 0.25) is 0 Å². The highest BCUT2D eigenvalue weighted by atomic mass is 32.3. The number of benzene rings is 3. The van der Waals surface area contributed by atoms with Gasteiger partial charge in [0.05, 0.1) is 11.6 Å². The first-order valence-corrected chi connectivity index (χ1v) is 13.0. The topological polar surface area (TPSA) is 52.9 Å². The van der Waals surface area contributed by atoms with E-state index in [4.69, 9.17) is 5.26 Å². The van der Waals surface area contributed by atoms with Crippen molar-refractivity contribution in [2.75, 3.05) is 24.1 Å². The van der Waals surface area contributed by atoms with E-state index < -0.39 is 10.0 Å². The summed E-state index contributed by atoms with van der Waals surface area (Å²) in [5.74, 6) is 0.704. The summed E-state index contributed by atoms with van der Waals surface area (Å²) < 4.78 is 0. The molecule has 0 saturated heterocycles. The molecule has 0 bridgehead atoms. The fraction of sp³-hybridized carbons (Fsp3) is 0.167. The number of thioether (sulfide) groups is 1. The molecular weight excluding hydrogens is 396 g/mol. The Morgan fingerprint density at radius 2 is 1.69 bits per heavy atom. The van der Waals surface area contributed by atoms with Gasteiger partial charge in [0.2, 0.25) is 0 Å². The zero-order valence-corrected chi connectivity index (χ0v) is 18.4. The van der Waals surface area contributed by atoms with E-state index in [0.717, 1.165) is 10.6 Å². The summed E-state index contributed by atoms with van der Waals surface area (Å²) in [7, 11) is -0.699. The molecule has 0 spiro atoms.